The molecule has 0 saturated heterocycles. The molecule has 1 aliphatic rings. The van der Waals surface area contributed by atoms with Crippen molar-refractivity contribution in [2.75, 3.05) is 13.1 Å². The Balaban J connectivity index is 1.49. The summed E-state index contributed by atoms with van der Waals surface area (Å²) in [6.45, 7) is 1.21. The van der Waals surface area contributed by atoms with Crippen molar-refractivity contribution in [2.45, 2.75) is 19.4 Å². The van der Waals surface area contributed by atoms with E-state index in [0.29, 0.717) is 30.1 Å². The van der Waals surface area contributed by atoms with Crippen LogP contribution in [0.15, 0.2) is 54.6 Å². The molecule has 30 heavy (non-hydrogen) atoms. The molecular weight excluding hydrogens is 404 g/mol. The molecule has 1 aromatic heterocycles. The van der Waals surface area contributed by atoms with E-state index in [4.69, 9.17) is 11.6 Å². The standard InChI is InChI=1S/C22H21ClN4O3/c23-16-6-8-17(9-7-16)27-19-11-13-26(14-18(19)20(25-27)21(28)29)22(30)24-12-10-15-4-2-1-3-5-15/h1-9H,10-14H2,(H,24,30)(H,28,29). The van der Waals surface area contributed by atoms with Crippen LogP contribution in [0.1, 0.15) is 27.3 Å². The van der Waals surface area contributed by atoms with Crippen LogP contribution < -0.4 is 5.32 Å². The number of amides is 2. The molecule has 0 spiro atoms. The number of nitrogens with one attached hydrogen (secondary N) is 1. The molecule has 7 nitrogen and oxygen atoms in total. The topological polar surface area (TPSA) is 87.5 Å². The number of aromatic nitrogens is 2. The fraction of sp³-hybridized carbons (Fsp3) is 0.227. The molecule has 0 saturated carbocycles. The molecule has 0 radical (unpaired) electrons. The number of aromatic carboxylic acids is 1. The second-order valence-electron chi connectivity index (χ2n) is 7.11. The SMILES string of the molecule is O=C(O)c1nn(-c2ccc(Cl)cc2)c2c1CN(C(=O)NCCc1ccccc1)CC2. The molecule has 2 amide bonds. The molecule has 0 aliphatic carbocycles. The van der Waals surface area contributed by atoms with Gasteiger partial charge in [0.2, 0.25) is 0 Å². The van der Waals surface area contributed by atoms with Crippen LogP contribution >= 0.6 is 11.6 Å². The minimum Gasteiger partial charge on any atom is -0.476 e. The highest BCUT2D eigenvalue weighted by molar-refractivity contribution is 6.30. The Morgan fingerprint density at radius 3 is 2.53 bits per heavy atom. The Morgan fingerprint density at radius 1 is 1.10 bits per heavy atom. The molecule has 2 N–H and O–H groups in total. The van der Waals surface area contributed by atoms with Gasteiger partial charge in [-0.15, -0.1) is 0 Å². The molecule has 8 heteroatoms. The van der Waals surface area contributed by atoms with E-state index in [1.165, 1.54) is 0 Å². The molecule has 0 unspecified atom stereocenters. The van der Waals surface area contributed by atoms with Crippen LogP contribution in [0.2, 0.25) is 5.02 Å². The molecular formula is C22H21ClN4O3. The van der Waals surface area contributed by atoms with Crippen molar-refractivity contribution in [3.05, 3.63) is 82.1 Å². The van der Waals surface area contributed by atoms with Gasteiger partial charge in [0, 0.05) is 30.1 Å². The summed E-state index contributed by atoms with van der Waals surface area (Å²) in [5.41, 5.74) is 3.24. The van der Waals surface area contributed by atoms with Crippen LogP contribution in [0.3, 0.4) is 0 Å². The highest BCUT2D eigenvalue weighted by Gasteiger charge is 2.30. The Bertz CT molecular complexity index is 1060. The number of carbonyl (C=O) groups excluding carboxylic acids is 1. The van der Waals surface area contributed by atoms with Crippen molar-refractivity contribution < 1.29 is 14.7 Å². The first-order valence-corrected chi connectivity index (χ1v) is 10.1. The zero-order chi connectivity index (χ0) is 21.1. The van der Waals surface area contributed by atoms with Crippen LogP contribution in [0.25, 0.3) is 5.69 Å². The number of carboxylic acids is 1. The van der Waals surface area contributed by atoms with Crippen molar-refractivity contribution in [1.82, 2.24) is 20.0 Å². The Morgan fingerprint density at radius 2 is 1.83 bits per heavy atom. The molecule has 0 atom stereocenters. The minimum atomic E-state index is -1.11. The maximum absolute atomic E-state index is 12.6. The maximum Gasteiger partial charge on any atom is 0.356 e. The molecule has 1 aliphatic heterocycles. The maximum atomic E-state index is 12.6. The predicted octanol–water partition coefficient (Wildman–Crippen LogP) is 3.53. The molecule has 0 bridgehead atoms. The minimum absolute atomic E-state index is 0.0262. The zero-order valence-corrected chi connectivity index (χ0v) is 17.0. The van der Waals surface area contributed by atoms with Crippen molar-refractivity contribution in [3.63, 3.8) is 0 Å². The molecule has 0 fully saturated rings. The van der Waals surface area contributed by atoms with E-state index in [2.05, 4.69) is 10.4 Å². The van der Waals surface area contributed by atoms with Gasteiger partial charge in [-0.25, -0.2) is 14.3 Å². The lowest BCUT2D eigenvalue weighted by atomic mass is 10.1. The summed E-state index contributed by atoms with van der Waals surface area (Å²) in [5.74, 6) is -1.11. The third-order valence-electron chi connectivity index (χ3n) is 5.15. The summed E-state index contributed by atoms with van der Waals surface area (Å²) < 4.78 is 1.64. The number of fused-ring (bicyclic) bond motifs is 1. The molecule has 2 heterocycles. The lowest BCUT2D eigenvalue weighted by molar-refractivity contribution is 0.0687. The largest absolute Gasteiger partial charge is 0.476 e. The highest BCUT2D eigenvalue weighted by atomic mass is 35.5. The smallest absolute Gasteiger partial charge is 0.356 e. The van der Waals surface area contributed by atoms with E-state index in [1.54, 1.807) is 33.8 Å². The van der Waals surface area contributed by atoms with E-state index in [9.17, 15) is 14.7 Å². The average Bonchev–Trinajstić information content (AvgIpc) is 3.14. The van der Waals surface area contributed by atoms with Crippen LogP contribution in [0.4, 0.5) is 4.79 Å². The Hall–Kier alpha value is -3.32. The van der Waals surface area contributed by atoms with Gasteiger partial charge in [-0.3, -0.25) is 0 Å². The van der Waals surface area contributed by atoms with Crippen molar-refractivity contribution in [3.8, 4) is 5.69 Å². The van der Waals surface area contributed by atoms with Gasteiger partial charge in [-0.2, -0.15) is 5.10 Å². The monoisotopic (exact) mass is 424 g/mol. The number of benzene rings is 2. The lowest BCUT2D eigenvalue weighted by Crippen LogP contribution is -2.43. The lowest BCUT2D eigenvalue weighted by Gasteiger charge is -2.28. The summed E-state index contributed by atoms with van der Waals surface area (Å²) in [5, 5.41) is 17.4. The van der Waals surface area contributed by atoms with Crippen molar-refractivity contribution >= 4 is 23.6 Å². The number of nitrogens with zero attached hydrogens (tertiary/aromatic N) is 3. The zero-order valence-electron chi connectivity index (χ0n) is 16.2. The van der Waals surface area contributed by atoms with Gasteiger partial charge < -0.3 is 15.3 Å². The fourth-order valence-electron chi connectivity index (χ4n) is 3.63. The first-order chi connectivity index (χ1) is 14.5. The third kappa shape index (κ3) is 4.16. The van der Waals surface area contributed by atoms with Gasteiger partial charge in [-0.1, -0.05) is 41.9 Å². The molecule has 4 rings (SSSR count). The number of hydrogen-bond acceptors (Lipinski definition) is 3. The molecule has 2 aromatic carbocycles. The van der Waals surface area contributed by atoms with E-state index < -0.39 is 5.97 Å². The second kappa shape index (κ2) is 8.59. The van der Waals surface area contributed by atoms with Crippen molar-refractivity contribution in [1.29, 1.82) is 0 Å². The normalized spacial score (nSPS) is 13.0. The first kappa shape index (κ1) is 20.0. The van der Waals surface area contributed by atoms with Crippen LogP contribution in [-0.2, 0) is 19.4 Å². The Kier molecular flexibility index (Phi) is 5.72. The third-order valence-corrected chi connectivity index (χ3v) is 5.40. The van der Waals surface area contributed by atoms with Gasteiger partial charge >= 0.3 is 12.0 Å². The molecule has 3 aromatic rings. The highest BCUT2D eigenvalue weighted by Crippen LogP contribution is 2.26. The fourth-order valence-corrected chi connectivity index (χ4v) is 3.76. The van der Waals surface area contributed by atoms with E-state index in [-0.39, 0.29) is 18.3 Å². The van der Waals surface area contributed by atoms with Crippen LogP contribution in [0.5, 0.6) is 0 Å². The molecule has 154 valence electrons. The van der Waals surface area contributed by atoms with Gasteiger partial charge in [0.05, 0.1) is 17.9 Å². The number of carbonyl (C=O) groups is 2. The van der Waals surface area contributed by atoms with Crippen LogP contribution in [0, 0.1) is 0 Å². The number of urea groups is 1. The summed E-state index contributed by atoms with van der Waals surface area (Å²) >= 11 is 5.96. The van der Waals surface area contributed by atoms with Gasteiger partial charge in [0.25, 0.3) is 0 Å². The number of rotatable bonds is 5. The number of carboxylic acid groups (broad SMARTS) is 1. The summed E-state index contributed by atoms with van der Waals surface area (Å²) in [6, 6.07) is 16.8. The van der Waals surface area contributed by atoms with Gasteiger partial charge in [0.1, 0.15) is 0 Å². The first-order valence-electron chi connectivity index (χ1n) is 9.69. The van der Waals surface area contributed by atoms with Gasteiger partial charge in [0.15, 0.2) is 5.69 Å². The quantitative estimate of drug-likeness (QED) is 0.655. The van der Waals surface area contributed by atoms with E-state index in [0.717, 1.165) is 23.4 Å². The van der Waals surface area contributed by atoms with Gasteiger partial charge in [-0.05, 0) is 36.2 Å². The van der Waals surface area contributed by atoms with Crippen molar-refractivity contribution in [2.24, 2.45) is 0 Å². The predicted molar refractivity (Wildman–Crippen MR) is 113 cm³/mol. The number of halogens is 1. The summed E-state index contributed by atoms with van der Waals surface area (Å²) in [4.78, 5) is 26.0. The summed E-state index contributed by atoms with van der Waals surface area (Å²) in [6.07, 6.45) is 1.25. The Labute approximate surface area is 178 Å². The van der Waals surface area contributed by atoms with Crippen LogP contribution in [-0.4, -0.2) is 44.9 Å². The van der Waals surface area contributed by atoms with E-state index in [1.807, 2.05) is 30.3 Å². The van der Waals surface area contributed by atoms with E-state index >= 15 is 0 Å². The number of hydrogen-bond donors (Lipinski definition) is 2. The summed E-state index contributed by atoms with van der Waals surface area (Å²) in [7, 11) is 0. The average molecular weight is 425 g/mol. The second-order valence-corrected chi connectivity index (χ2v) is 7.54.